The number of aromatic nitrogens is 2. The molecule has 0 saturated heterocycles. The molecule has 0 bridgehead atoms. The van der Waals surface area contributed by atoms with Crippen molar-refractivity contribution in [2.24, 2.45) is 5.92 Å². The number of hydrogen-bond donors (Lipinski definition) is 1. The van der Waals surface area contributed by atoms with Crippen molar-refractivity contribution in [3.63, 3.8) is 0 Å². The van der Waals surface area contributed by atoms with E-state index in [1.807, 2.05) is 23.1 Å². The van der Waals surface area contributed by atoms with Crippen molar-refractivity contribution in [2.45, 2.75) is 52.0 Å². The van der Waals surface area contributed by atoms with Crippen molar-refractivity contribution in [2.75, 3.05) is 13.7 Å². The Morgan fingerprint density at radius 1 is 1.35 bits per heavy atom. The van der Waals surface area contributed by atoms with Crippen LogP contribution in [-0.4, -0.2) is 34.4 Å². The van der Waals surface area contributed by atoms with Gasteiger partial charge in [0.2, 0.25) is 5.91 Å². The molecule has 1 aromatic heterocycles. The average Bonchev–Trinajstić information content (AvgIpc) is 3.15. The number of imidazole rings is 1. The fourth-order valence-corrected chi connectivity index (χ4v) is 3.96. The fraction of sp³-hybridized carbons (Fsp3) is 0.524. The number of carbonyl (C=O) groups excluding carboxylic acids is 1. The molecule has 2 heterocycles. The van der Waals surface area contributed by atoms with Crippen molar-refractivity contribution in [3.05, 3.63) is 47.5 Å². The van der Waals surface area contributed by atoms with Crippen molar-refractivity contribution in [3.8, 4) is 5.75 Å². The van der Waals surface area contributed by atoms with Gasteiger partial charge in [-0.1, -0.05) is 38.8 Å². The molecule has 2 aromatic rings. The van der Waals surface area contributed by atoms with Crippen molar-refractivity contribution in [1.82, 2.24) is 14.9 Å². The van der Waals surface area contributed by atoms with Gasteiger partial charge in [0, 0.05) is 18.4 Å². The SMILES string of the molecule is CCCC(CCC)C(=O)N1Cc2[nH]cnc2C(c2cccc(OC)c2)C1. The van der Waals surface area contributed by atoms with Gasteiger partial charge in [-0.15, -0.1) is 0 Å². The molecule has 1 aliphatic heterocycles. The Balaban J connectivity index is 1.88. The first-order valence-corrected chi connectivity index (χ1v) is 9.62. The summed E-state index contributed by atoms with van der Waals surface area (Å²) >= 11 is 0. The van der Waals surface area contributed by atoms with Crippen LogP contribution in [0.15, 0.2) is 30.6 Å². The molecule has 1 amide bonds. The first-order valence-electron chi connectivity index (χ1n) is 9.62. The lowest BCUT2D eigenvalue weighted by molar-refractivity contribution is -0.137. The second-order valence-corrected chi connectivity index (χ2v) is 7.09. The number of amides is 1. The molecule has 1 aliphatic rings. The zero-order valence-electron chi connectivity index (χ0n) is 16.0. The molecular formula is C21H29N3O2. The average molecular weight is 355 g/mol. The predicted molar refractivity (Wildman–Crippen MR) is 102 cm³/mol. The van der Waals surface area contributed by atoms with E-state index in [0.717, 1.165) is 48.4 Å². The summed E-state index contributed by atoms with van der Waals surface area (Å²) in [5, 5.41) is 0. The van der Waals surface area contributed by atoms with Gasteiger partial charge in [-0.3, -0.25) is 4.79 Å². The summed E-state index contributed by atoms with van der Waals surface area (Å²) < 4.78 is 5.38. The van der Waals surface area contributed by atoms with E-state index >= 15 is 0 Å². The van der Waals surface area contributed by atoms with Crippen LogP contribution in [0, 0.1) is 5.92 Å². The Hall–Kier alpha value is -2.30. The lowest BCUT2D eigenvalue weighted by Gasteiger charge is -2.34. The molecule has 0 aliphatic carbocycles. The van der Waals surface area contributed by atoms with E-state index in [1.54, 1.807) is 13.4 Å². The van der Waals surface area contributed by atoms with Gasteiger partial charge in [0.15, 0.2) is 0 Å². The molecular weight excluding hydrogens is 326 g/mol. The van der Waals surface area contributed by atoms with Crippen molar-refractivity contribution in [1.29, 1.82) is 0 Å². The molecule has 26 heavy (non-hydrogen) atoms. The number of aromatic amines is 1. The highest BCUT2D eigenvalue weighted by Gasteiger charge is 2.33. The largest absolute Gasteiger partial charge is 0.497 e. The maximum Gasteiger partial charge on any atom is 0.226 e. The van der Waals surface area contributed by atoms with Crippen LogP contribution in [0.25, 0.3) is 0 Å². The van der Waals surface area contributed by atoms with Crippen molar-refractivity contribution < 1.29 is 9.53 Å². The van der Waals surface area contributed by atoms with Gasteiger partial charge in [0.05, 0.1) is 31.4 Å². The Morgan fingerprint density at radius 3 is 2.81 bits per heavy atom. The summed E-state index contributed by atoms with van der Waals surface area (Å²) in [7, 11) is 1.68. The van der Waals surface area contributed by atoms with Crippen LogP contribution in [0.4, 0.5) is 0 Å². The number of rotatable bonds is 7. The van der Waals surface area contributed by atoms with Gasteiger partial charge < -0.3 is 14.6 Å². The molecule has 1 aromatic carbocycles. The topological polar surface area (TPSA) is 58.2 Å². The second kappa shape index (κ2) is 8.39. The quantitative estimate of drug-likeness (QED) is 0.813. The molecule has 1 atom stereocenters. The molecule has 0 radical (unpaired) electrons. The summed E-state index contributed by atoms with van der Waals surface area (Å²) in [5.74, 6) is 1.31. The number of hydrogen-bond acceptors (Lipinski definition) is 3. The number of ether oxygens (including phenoxy) is 1. The summed E-state index contributed by atoms with van der Waals surface area (Å²) in [6.45, 7) is 5.60. The lowest BCUT2D eigenvalue weighted by Crippen LogP contribution is -2.42. The number of methoxy groups -OCH3 is 1. The first-order chi connectivity index (χ1) is 12.7. The van der Waals surface area contributed by atoms with Gasteiger partial charge in [0.25, 0.3) is 0 Å². The molecule has 140 valence electrons. The van der Waals surface area contributed by atoms with Crippen LogP contribution in [0.5, 0.6) is 5.75 Å². The smallest absolute Gasteiger partial charge is 0.226 e. The maximum atomic E-state index is 13.2. The zero-order chi connectivity index (χ0) is 18.5. The van der Waals surface area contributed by atoms with Gasteiger partial charge in [-0.25, -0.2) is 4.98 Å². The number of nitrogens with zero attached hydrogens (tertiary/aromatic N) is 2. The predicted octanol–water partition coefficient (Wildman–Crippen LogP) is 4.11. The minimum atomic E-state index is 0.0768. The normalized spacial score (nSPS) is 16.6. The van der Waals surface area contributed by atoms with Crippen LogP contribution in [0.3, 0.4) is 0 Å². The highest BCUT2D eigenvalue weighted by molar-refractivity contribution is 5.79. The van der Waals surface area contributed by atoms with E-state index in [2.05, 4.69) is 29.9 Å². The Labute approximate surface area is 155 Å². The van der Waals surface area contributed by atoms with Crippen LogP contribution >= 0.6 is 0 Å². The Morgan fingerprint density at radius 2 is 2.12 bits per heavy atom. The molecule has 3 rings (SSSR count). The maximum absolute atomic E-state index is 13.2. The zero-order valence-corrected chi connectivity index (χ0v) is 16.0. The number of carbonyl (C=O) groups is 1. The van der Waals surface area contributed by atoms with Gasteiger partial charge in [-0.2, -0.15) is 0 Å². The number of benzene rings is 1. The lowest BCUT2D eigenvalue weighted by atomic mass is 9.89. The van der Waals surface area contributed by atoms with Crippen LogP contribution in [0.1, 0.15) is 62.4 Å². The monoisotopic (exact) mass is 355 g/mol. The summed E-state index contributed by atoms with van der Waals surface area (Å²) in [6, 6.07) is 8.08. The molecule has 1 N–H and O–H groups in total. The third kappa shape index (κ3) is 3.76. The molecule has 1 unspecified atom stereocenters. The van der Waals surface area contributed by atoms with E-state index in [0.29, 0.717) is 13.1 Å². The molecule has 5 nitrogen and oxygen atoms in total. The Bertz CT molecular complexity index is 734. The Kier molecular flexibility index (Phi) is 5.96. The van der Waals surface area contributed by atoms with E-state index < -0.39 is 0 Å². The summed E-state index contributed by atoms with van der Waals surface area (Å²) in [4.78, 5) is 23.0. The highest BCUT2D eigenvalue weighted by atomic mass is 16.5. The fourth-order valence-electron chi connectivity index (χ4n) is 3.96. The first kappa shape index (κ1) is 18.5. The number of nitrogens with one attached hydrogen (secondary N) is 1. The van der Waals surface area contributed by atoms with E-state index in [4.69, 9.17) is 4.74 Å². The van der Waals surface area contributed by atoms with Crippen LogP contribution in [-0.2, 0) is 11.3 Å². The van der Waals surface area contributed by atoms with E-state index in [1.165, 1.54) is 0 Å². The van der Waals surface area contributed by atoms with Crippen LogP contribution in [0.2, 0.25) is 0 Å². The molecule has 0 fully saturated rings. The van der Waals surface area contributed by atoms with Crippen LogP contribution < -0.4 is 4.74 Å². The minimum absolute atomic E-state index is 0.0768. The third-order valence-corrected chi connectivity index (χ3v) is 5.26. The van der Waals surface area contributed by atoms with Crippen molar-refractivity contribution >= 4 is 5.91 Å². The second-order valence-electron chi connectivity index (χ2n) is 7.09. The standard InChI is InChI=1S/C21H29N3O2/c1-4-7-15(8-5-2)21(25)24-12-18(20-19(13-24)22-14-23-20)16-9-6-10-17(11-16)26-3/h6,9-11,14-15,18H,4-5,7-8,12-13H2,1-3H3,(H,22,23). The van der Waals surface area contributed by atoms with Gasteiger partial charge in [-0.05, 0) is 30.5 Å². The number of fused-ring (bicyclic) bond motifs is 1. The molecule has 0 saturated carbocycles. The van der Waals surface area contributed by atoms with Gasteiger partial charge in [0.1, 0.15) is 5.75 Å². The molecule has 5 heteroatoms. The van der Waals surface area contributed by atoms with Gasteiger partial charge >= 0.3 is 0 Å². The molecule has 0 spiro atoms. The highest BCUT2D eigenvalue weighted by Crippen LogP contribution is 2.34. The third-order valence-electron chi connectivity index (χ3n) is 5.26. The summed E-state index contributed by atoms with van der Waals surface area (Å²) in [5.41, 5.74) is 3.23. The van der Waals surface area contributed by atoms with E-state index in [9.17, 15) is 4.79 Å². The summed E-state index contributed by atoms with van der Waals surface area (Å²) in [6.07, 6.45) is 5.74. The van der Waals surface area contributed by atoms with E-state index in [-0.39, 0.29) is 17.7 Å². The number of H-pyrrole nitrogens is 1. The minimum Gasteiger partial charge on any atom is -0.497 e.